The highest BCUT2D eigenvalue weighted by Crippen LogP contribution is 2.31. The topological polar surface area (TPSA) is 114 Å². The van der Waals surface area contributed by atoms with E-state index in [1.54, 1.807) is 42.5 Å². The number of rotatable bonds is 12. The van der Waals surface area contributed by atoms with Crippen LogP contribution in [-0.2, 0) is 11.3 Å². The van der Waals surface area contributed by atoms with Crippen LogP contribution in [0.1, 0.15) is 36.9 Å². The van der Waals surface area contributed by atoms with Crippen LogP contribution in [0, 0.1) is 11.3 Å². The van der Waals surface area contributed by atoms with Gasteiger partial charge in [-0.1, -0.05) is 55.5 Å². The Morgan fingerprint density at radius 3 is 2.60 bits per heavy atom. The van der Waals surface area contributed by atoms with Crippen LogP contribution >= 0.6 is 0 Å². The van der Waals surface area contributed by atoms with Crippen LogP contribution in [0.5, 0.6) is 0 Å². The maximum absolute atomic E-state index is 13.4. The van der Waals surface area contributed by atoms with Gasteiger partial charge in [0, 0.05) is 43.0 Å². The Balaban J connectivity index is 1.94. The van der Waals surface area contributed by atoms with Crippen LogP contribution in [0.2, 0.25) is 0 Å². The minimum absolute atomic E-state index is 0.0350. The second-order valence-corrected chi connectivity index (χ2v) is 9.60. The number of hydrogen-bond donors (Lipinski definition) is 5. The molecule has 3 atom stereocenters. The average molecular weight is 556 g/mol. The second kappa shape index (κ2) is 14.1. The Kier molecular flexibility index (Phi) is 10.8. The number of nitrogens with two attached hydrogens (primary N) is 1. The molecule has 10 heteroatoms. The van der Waals surface area contributed by atoms with Gasteiger partial charge in [0.25, 0.3) is 5.91 Å². The molecule has 0 fully saturated rings. The van der Waals surface area contributed by atoms with E-state index in [0.29, 0.717) is 23.9 Å². The fourth-order valence-corrected chi connectivity index (χ4v) is 4.44. The summed E-state index contributed by atoms with van der Waals surface area (Å²) in [6, 6.07) is 13.6. The van der Waals surface area contributed by atoms with E-state index >= 15 is 0 Å². The van der Waals surface area contributed by atoms with Crippen molar-refractivity contribution in [2.75, 3.05) is 23.9 Å². The number of allylic oxidation sites excluding steroid dienone is 4. The van der Waals surface area contributed by atoms with Gasteiger partial charge in [0.15, 0.2) is 0 Å². The molecule has 2 aromatic rings. The number of halogens is 3. The van der Waals surface area contributed by atoms with Crippen molar-refractivity contribution in [1.82, 2.24) is 5.32 Å². The van der Waals surface area contributed by atoms with E-state index in [1.165, 1.54) is 11.9 Å². The highest BCUT2D eigenvalue weighted by atomic mass is 19.4. The lowest BCUT2D eigenvalue weighted by molar-refractivity contribution is -0.112. The molecule has 0 spiro atoms. The molecule has 0 saturated heterocycles. The van der Waals surface area contributed by atoms with E-state index in [4.69, 9.17) is 11.1 Å². The van der Waals surface area contributed by atoms with E-state index in [1.807, 2.05) is 25.1 Å². The van der Waals surface area contributed by atoms with Crippen molar-refractivity contribution in [3.63, 3.8) is 0 Å². The number of anilines is 2. The molecule has 0 aromatic heterocycles. The summed E-state index contributed by atoms with van der Waals surface area (Å²) in [5.41, 5.74) is 6.13. The quantitative estimate of drug-likeness (QED) is 0.182. The first-order valence-corrected chi connectivity index (χ1v) is 13.1. The number of nitrogens with one attached hydrogen (secondary N) is 3. The molecule has 214 valence electrons. The molecule has 0 bridgehead atoms. The number of hydrogen-bond acceptors (Lipinski definition) is 6. The van der Waals surface area contributed by atoms with Crippen molar-refractivity contribution < 1.29 is 23.1 Å². The number of nitrogens with zero attached hydrogens (tertiary/aromatic N) is 1. The van der Waals surface area contributed by atoms with Gasteiger partial charge >= 0.3 is 6.18 Å². The monoisotopic (exact) mass is 555 g/mol. The van der Waals surface area contributed by atoms with E-state index in [-0.39, 0.29) is 36.9 Å². The third-order valence-corrected chi connectivity index (χ3v) is 6.79. The van der Waals surface area contributed by atoms with Crippen molar-refractivity contribution >= 4 is 23.0 Å². The molecule has 0 radical (unpaired) electrons. The first kappa shape index (κ1) is 30.8. The van der Waals surface area contributed by atoms with Crippen molar-refractivity contribution in [2.45, 2.75) is 44.6 Å². The number of carbonyl (C=O) groups excluding carboxylic acids is 1. The van der Waals surface area contributed by atoms with Gasteiger partial charge in [-0.2, -0.15) is 13.2 Å². The Hall–Kier alpha value is -3.73. The van der Waals surface area contributed by atoms with Gasteiger partial charge in [-0.15, -0.1) is 0 Å². The van der Waals surface area contributed by atoms with Gasteiger partial charge in [-0.25, -0.2) is 0 Å². The van der Waals surface area contributed by atoms with Gasteiger partial charge in [0.05, 0.1) is 6.61 Å². The normalized spacial score (nSPS) is 16.9. The third kappa shape index (κ3) is 8.14. The smallest absolute Gasteiger partial charge is 0.395 e. The molecule has 7 nitrogen and oxygen atoms in total. The number of benzene rings is 2. The number of aliphatic hydroxyl groups excluding tert-OH is 1. The molecule has 1 amide bonds. The fraction of sp³-hybridized carbons (Fsp3) is 0.333. The van der Waals surface area contributed by atoms with Crippen LogP contribution in [0.3, 0.4) is 0 Å². The van der Waals surface area contributed by atoms with Gasteiger partial charge < -0.3 is 26.4 Å². The van der Waals surface area contributed by atoms with Crippen LogP contribution in [0.15, 0.2) is 84.6 Å². The summed E-state index contributed by atoms with van der Waals surface area (Å²) in [6.45, 7) is 2.16. The Morgan fingerprint density at radius 2 is 1.98 bits per heavy atom. The van der Waals surface area contributed by atoms with Gasteiger partial charge in [-0.05, 0) is 54.3 Å². The van der Waals surface area contributed by atoms with Crippen LogP contribution in [0.4, 0.5) is 24.5 Å². The van der Waals surface area contributed by atoms with Crippen LogP contribution in [0.25, 0.3) is 0 Å². The van der Waals surface area contributed by atoms with Gasteiger partial charge in [0.1, 0.15) is 11.4 Å². The summed E-state index contributed by atoms with van der Waals surface area (Å²) in [4.78, 5) is 14.7. The summed E-state index contributed by atoms with van der Waals surface area (Å²) in [7, 11) is 1.46. The summed E-state index contributed by atoms with van der Waals surface area (Å²) in [5.74, 6) is -0.709. The zero-order valence-electron chi connectivity index (χ0n) is 22.6. The first-order valence-electron chi connectivity index (χ1n) is 13.1. The molecule has 3 rings (SSSR count). The van der Waals surface area contributed by atoms with E-state index < -0.39 is 17.8 Å². The number of amides is 1. The van der Waals surface area contributed by atoms with E-state index in [2.05, 4.69) is 22.8 Å². The molecule has 3 unspecified atom stereocenters. The summed E-state index contributed by atoms with van der Waals surface area (Å²) >= 11 is 0. The highest BCUT2D eigenvalue weighted by Gasteiger charge is 2.34. The number of aliphatic hydroxyl groups is 1. The Morgan fingerprint density at radius 1 is 1.23 bits per heavy atom. The molecule has 0 heterocycles. The number of alkyl halides is 3. The summed E-state index contributed by atoms with van der Waals surface area (Å²) in [6.07, 6.45) is 5.18. The standard InChI is InChI=1S/C30H36F3N5O2/c1-3-23(19-39)36-28(21-10-5-4-6-11-21)22-12-8-13-24(16-22)37-29(40)26(17-27(35)30(31,32)33)38(2)25-14-7-9-20(15-25)18-34/h4-10,12-17,21,23,28,35-36,39H,3,11,18-19,34H2,1-2H3,(H,37,40)/b26-17-,35-27?. The average Bonchev–Trinajstić information content (AvgIpc) is 2.96. The molecule has 1 aliphatic rings. The SMILES string of the molecule is CCC(CO)NC(c1cccc(NC(=O)/C(=C/C(=N)C(F)(F)F)N(C)c2cccc(CN)c2)c1)C1C=CC=CC1. The molecule has 1 aliphatic carbocycles. The predicted octanol–water partition coefficient (Wildman–Crippen LogP) is 5.22. The first-order chi connectivity index (χ1) is 19.1. The van der Waals surface area contributed by atoms with Crippen LogP contribution < -0.4 is 21.3 Å². The minimum Gasteiger partial charge on any atom is -0.395 e. The molecular weight excluding hydrogens is 519 g/mol. The maximum Gasteiger partial charge on any atom is 0.432 e. The molecule has 0 saturated carbocycles. The molecule has 6 N–H and O–H groups in total. The lowest BCUT2D eigenvalue weighted by Crippen LogP contribution is -2.38. The zero-order chi connectivity index (χ0) is 29.3. The molecular formula is C30H36F3N5O2. The largest absolute Gasteiger partial charge is 0.432 e. The van der Waals surface area contributed by atoms with Crippen molar-refractivity contribution in [1.29, 1.82) is 5.41 Å². The van der Waals surface area contributed by atoms with Crippen molar-refractivity contribution in [3.8, 4) is 0 Å². The summed E-state index contributed by atoms with van der Waals surface area (Å²) in [5, 5.41) is 23.5. The number of carbonyl (C=O) groups is 1. The Bertz CT molecular complexity index is 1270. The third-order valence-electron chi connectivity index (χ3n) is 6.79. The predicted molar refractivity (Wildman–Crippen MR) is 153 cm³/mol. The van der Waals surface area contributed by atoms with Crippen molar-refractivity contribution in [2.24, 2.45) is 11.7 Å². The van der Waals surface area contributed by atoms with E-state index in [0.717, 1.165) is 17.5 Å². The minimum atomic E-state index is -4.92. The maximum atomic E-state index is 13.4. The molecule has 40 heavy (non-hydrogen) atoms. The highest BCUT2D eigenvalue weighted by molar-refractivity contribution is 6.11. The Labute approximate surface area is 232 Å². The van der Waals surface area contributed by atoms with Gasteiger partial charge in [0.2, 0.25) is 0 Å². The lowest BCUT2D eigenvalue weighted by Gasteiger charge is -2.30. The molecule has 0 aliphatic heterocycles. The lowest BCUT2D eigenvalue weighted by atomic mass is 9.87. The van der Waals surface area contributed by atoms with Gasteiger partial charge in [-0.3, -0.25) is 10.2 Å². The second-order valence-electron chi connectivity index (χ2n) is 9.60. The van der Waals surface area contributed by atoms with Crippen LogP contribution in [-0.4, -0.2) is 42.6 Å². The molecule has 2 aromatic carbocycles. The zero-order valence-corrected chi connectivity index (χ0v) is 22.6. The fourth-order valence-electron chi connectivity index (χ4n) is 4.44. The van der Waals surface area contributed by atoms with Crippen molar-refractivity contribution in [3.05, 3.63) is 95.7 Å². The number of likely N-dealkylation sites (N-methyl/N-ethyl adjacent to an activating group) is 1. The summed E-state index contributed by atoms with van der Waals surface area (Å²) < 4.78 is 39.9. The van der Waals surface area contributed by atoms with E-state index in [9.17, 15) is 23.1 Å².